The SMILES string of the molecule is NP(O)P. The summed E-state index contributed by atoms with van der Waals surface area (Å²) in [5.74, 6) is 0. The highest BCUT2D eigenvalue weighted by Gasteiger charge is 1.68. The molecule has 2 unspecified atom stereocenters. The van der Waals surface area contributed by atoms with Gasteiger partial charge in [0.15, 0.2) is 0 Å². The van der Waals surface area contributed by atoms with Crippen molar-refractivity contribution in [2.24, 2.45) is 5.50 Å². The highest BCUT2D eigenvalue weighted by Crippen LogP contribution is 2.27. The van der Waals surface area contributed by atoms with E-state index in [0.29, 0.717) is 0 Å². The van der Waals surface area contributed by atoms with Crippen LogP contribution in [0.2, 0.25) is 0 Å². The average molecular weight is 97.0 g/mol. The van der Waals surface area contributed by atoms with Crippen molar-refractivity contribution in [1.82, 2.24) is 0 Å². The van der Waals surface area contributed by atoms with Gasteiger partial charge in [0.25, 0.3) is 0 Å². The van der Waals surface area contributed by atoms with Gasteiger partial charge in [-0.2, -0.15) is 0 Å². The van der Waals surface area contributed by atoms with E-state index in [1.165, 1.54) is 0 Å². The molecule has 0 aromatic heterocycles. The minimum atomic E-state index is -1.20. The van der Waals surface area contributed by atoms with Crippen LogP contribution in [-0.2, 0) is 0 Å². The maximum absolute atomic E-state index is 7.86. The predicted octanol–water partition coefficient (Wildman–Crippen LogP) is 0.0394. The normalized spacial score (nSPS) is 15.8. The van der Waals surface area contributed by atoms with E-state index >= 15 is 0 Å². The largest absolute Gasteiger partial charge is 0.356 e. The van der Waals surface area contributed by atoms with Crippen LogP contribution in [-0.4, -0.2) is 4.89 Å². The summed E-state index contributed by atoms with van der Waals surface area (Å²) in [7, 11) is 0.852. The van der Waals surface area contributed by atoms with E-state index in [4.69, 9.17) is 10.4 Å². The lowest BCUT2D eigenvalue weighted by molar-refractivity contribution is 0.642. The smallest absolute Gasteiger partial charge is 0.113 e. The number of hydrogen-bond acceptors (Lipinski definition) is 2. The Balaban J connectivity index is 2.32. The Labute approximate surface area is 28.4 Å². The molecule has 26 valence electrons. The highest BCUT2D eigenvalue weighted by molar-refractivity contribution is 8.09. The van der Waals surface area contributed by atoms with E-state index in [0.717, 1.165) is 0 Å². The first kappa shape index (κ1) is 4.78. The van der Waals surface area contributed by atoms with Gasteiger partial charge in [-0.05, 0) is 0 Å². The Bertz CT molecular complexity index is 10.8. The van der Waals surface area contributed by atoms with Gasteiger partial charge in [-0.1, -0.05) is 8.93 Å². The summed E-state index contributed by atoms with van der Waals surface area (Å²) in [4.78, 5) is 7.86. The van der Waals surface area contributed by atoms with Gasteiger partial charge in [-0.15, -0.1) is 0 Å². The lowest BCUT2D eigenvalue weighted by Crippen LogP contribution is -1.70. The molecule has 4 heavy (non-hydrogen) atoms. The van der Waals surface area contributed by atoms with E-state index in [-0.39, 0.29) is 0 Å². The molecule has 0 aliphatic heterocycles. The van der Waals surface area contributed by atoms with Crippen LogP contribution in [0.3, 0.4) is 0 Å². The van der Waals surface area contributed by atoms with Gasteiger partial charge in [0, 0.05) is 0 Å². The van der Waals surface area contributed by atoms with Crippen molar-refractivity contribution >= 4 is 16.9 Å². The zero-order valence-corrected chi connectivity index (χ0v) is 4.10. The van der Waals surface area contributed by atoms with E-state index in [2.05, 4.69) is 8.93 Å². The minimum Gasteiger partial charge on any atom is -0.356 e. The Hall–Kier alpha value is 0.780. The van der Waals surface area contributed by atoms with Crippen LogP contribution in [0.15, 0.2) is 0 Å². The Morgan fingerprint density at radius 1 is 2.00 bits per heavy atom. The van der Waals surface area contributed by atoms with Crippen LogP contribution in [0.1, 0.15) is 0 Å². The molecule has 0 amide bonds. The summed E-state index contributed by atoms with van der Waals surface area (Å²) >= 11 is 0. The predicted molar refractivity (Wildman–Crippen MR) is 23.0 cm³/mol. The van der Waals surface area contributed by atoms with Crippen LogP contribution < -0.4 is 5.50 Å². The Kier molecular flexibility index (Phi) is 2.44. The molecule has 0 fully saturated rings. The molecule has 2 atom stereocenters. The zero-order chi connectivity index (χ0) is 3.58. The Morgan fingerprint density at radius 2 is 2.00 bits per heavy atom. The third kappa shape index (κ3) is 14.5. The van der Waals surface area contributed by atoms with E-state index in [9.17, 15) is 0 Å². The molecule has 4 heteroatoms. The van der Waals surface area contributed by atoms with Crippen LogP contribution >= 0.6 is 16.9 Å². The van der Waals surface area contributed by atoms with Gasteiger partial charge in [0.2, 0.25) is 0 Å². The van der Waals surface area contributed by atoms with Crippen LogP contribution in [0.5, 0.6) is 0 Å². The van der Waals surface area contributed by atoms with Crippen molar-refractivity contribution in [3.8, 4) is 0 Å². The molecule has 0 spiro atoms. The summed E-state index contributed by atoms with van der Waals surface area (Å²) < 4.78 is 0. The van der Waals surface area contributed by atoms with Gasteiger partial charge >= 0.3 is 0 Å². The standard InChI is InChI=1S/H5NOP2/c1-4(2)3/h2H,1,3H2. The maximum Gasteiger partial charge on any atom is 0.113 e. The fraction of sp³-hybridized carbons (Fsp3) is 0. The molecule has 0 heterocycles. The molecule has 3 N–H and O–H groups in total. The molecule has 0 saturated heterocycles. The zero-order valence-electron chi connectivity index (χ0n) is 2.05. The molecule has 0 saturated carbocycles. The second-order valence-electron chi connectivity index (χ2n) is 0.380. The van der Waals surface area contributed by atoms with Gasteiger partial charge in [0.05, 0.1) is 0 Å². The van der Waals surface area contributed by atoms with Crippen molar-refractivity contribution in [2.75, 3.05) is 0 Å². The fourth-order valence-corrected chi connectivity index (χ4v) is 0. The highest BCUT2D eigenvalue weighted by atomic mass is 32.0. The first-order valence-corrected chi connectivity index (χ1v) is 3.70. The molecule has 0 rings (SSSR count). The van der Waals surface area contributed by atoms with E-state index < -0.39 is 7.99 Å². The fourth-order valence-electron chi connectivity index (χ4n) is 0. The third-order valence-electron chi connectivity index (χ3n) is 0. The lowest BCUT2D eigenvalue weighted by atomic mass is 13.9. The van der Waals surface area contributed by atoms with Crippen molar-refractivity contribution < 1.29 is 4.89 Å². The quantitative estimate of drug-likeness (QED) is 0.419. The molecule has 0 radical (unpaired) electrons. The second-order valence-corrected chi connectivity index (χ2v) is 2.73. The Morgan fingerprint density at radius 3 is 2.00 bits per heavy atom. The molecule has 0 aliphatic rings. The summed E-state index contributed by atoms with van der Waals surface area (Å²) in [6.45, 7) is 0. The molecular weight excluding hydrogens is 92.0 g/mol. The van der Waals surface area contributed by atoms with Crippen molar-refractivity contribution in [1.29, 1.82) is 0 Å². The van der Waals surface area contributed by atoms with Gasteiger partial charge < -0.3 is 4.89 Å². The maximum atomic E-state index is 7.86. The molecule has 0 aromatic carbocycles. The topological polar surface area (TPSA) is 46.2 Å². The molecule has 0 aliphatic carbocycles. The monoisotopic (exact) mass is 97.0 g/mol. The van der Waals surface area contributed by atoms with Crippen LogP contribution in [0, 0.1) is 0 Å². The summed E-state index contributed by atoms with van der Waals surface area (Å²) in [5.41, 5.74) is 4.69. The van der Waals surface area contributed by atoms with Gasteiger partial charge in [-0.25, -0.2) is 0 Å². The van der Waals surface area contributed by atoms with E-state index in [1.807, 2.05) is 0 Å². The van der Waals surface area contributed by atoms with Crippen molar-refractivity contribution in [3.63, 3.8) is 0 Å². The second kappa shape index (κ2) is 2.04. The summed E-state index contributed by atoms with van der Waals surface area (Å²) in [6.07, 6.45) is 0. The number of hydrogen-bond donors (Lipinski definition) is 2. The third-order valence-corrected chi connectivity index (χ3v) is 0. The van der Waals surface area contributed by atoms with E-state index in [1.54, 1.807) is 0 Å². The van der Waals surface area contributed by atoms with Gasteiger partial charge in [-0.3, -0.25) is 5.50 Å². The van der Waals surface area contributed by atoms with Crippen LogP contribution in [0.4, 0.5) is 0 Å². The molecule has 0 aromatic rings. The van der Waals surface area contributed by atoms with Crippen molar-refractivity contribution in [2.45, 2.75) is 0 Å². The summed E-state index contributed by atoms with van der Waals surface area (Å²) in [5, 5.41) is 0. The first-order valence-electron chi connectivity index (χ1n) is 0.716. The van der Waals surface area contributed by atoms with Gasteiger partial charge in [0.1, 0.15) is 7.99 Å². The average Bonchev–Trinajstić information content (AvgIpc) is 0.811. The van der Waals surface area contributed by atoms with Crippen LogP contribution in [0.25, 0.3) is 0 Å². The van der Waals surface area contributed by atoms with Crippen molar-refractivity contribution in [3.05, 3.63) is 0 Å². The molecular formula is H5NOP2. The first-order chi connectivity index (χ1) is 1.73. The number of rotatable bonds is 0. The number of nitrogens with two attached hydrogens (primary N) is 1. The summed E-state index contributed by atoms with van der Waals surface area (Å²) in [6, 6.07) is 0. The minimum absolute atomic E-state index is 1.20. The molecule has 0 bridgehead atoms. The lowest BCUT2D eigenvalue weighted by Gasteiger charge is -1.81. The molecule has 2 nitrogen and oxygen atoms in total.